The maximum atomic E-state index is 13.0. The highest BCUT2D eigenvalue weighted by Crippen LogP contribution is 2.43. The van der Waals surface area contributed by atoms with Gasteiger partial charge in [-0.1, -0.05) is 24.3 Å². The molecule has 2 amide bonds. The maximum absolute atomic E-state index is 13.0. The molecule has 38 heavy (non-hydrogen) atoms. The lowest BCUT2D eigenvalue weighted by atomic mass is 9.75. The van der Waals surface area contributed by atoms with Gasteiger partial charge in [0, 0.05) is 37.0 Å². The number of benzene rings is 2. The van der Waals surface area contributed by atoms with E-state index in [1.807, 2.05) is 18.2 Å². The van der Waals surface area contributed by atoms with E-state index in [0.717, 1.165) is 43.2 Å². The average molecular weight is 552 g/mol. The molecule has 0 aliphatic carbocycles. The molecule has 0 aromatic heterocycles. The largest absolute Gasteiger partial charge is 0.416 e. The van der Waals surface area contributed by atoms with Gasteiger partial charge >= 0.3 is 6.18 Å². The Balaban J connectivity index is 1.56. The highest BCUT2D eigenvalue weighted by atomic mass is 32.2. The number of sulfone groups is 1. The van der Waals surface area contributed by atoms with E-state index in [4.69, 9.17) is 5.73 Å². The lowest BCUT2D eigenvalue weighted by molar-refractivity contribution is -0.137. The number of hydrogen-bond donors (Lipinski definition) is 2. The minimum Gasteiger partial charge on any atom is -0.366 e. The molecule has 2 saturated heterocycles. The van der Waals surface area contributed by atoms with Crippen LogP contribution in [-0.4, -0.2) is 55.8 Å². The van der Waals surface area contributed by atoms with Gasteiger partial charge < -0.3 is 16.0 Å². The molecule has 0 radical (unpaired) electrons. The summed E-state index contributed by atoms with van der Waals surface area (Å²) in [5.74, 6) is -1.54. The van der Waals surface area contributed by atoms with Gasteiger partial charge in [-0.15, -0.1) is 0 Å². The second kappa shape index (κ2) is 11.1. The molecule has 206 valence electrons. The van der Waals surface area contributed by atoms with Crippen molar-refractivity contribution in [3.05, 3.63) is 70.8 Å². The number of amides is 2. The number of carbonyl (C=O) groups is 2. The Bertz CT molecular complexity index is 1280. The molecule has 0 spiro atoms. The predicted molar refractivity (Wildman–Crippen MR) is 137 cm³/mol. The van der Waals surface area contributed by atoms with E-state index in [9.17, 15) is 31.2 Å². The Morgan fingerprint density at radius 1 is 1.11 bits per heavy atom. The van der Waals surface area contributed by atoms with Crippen LogP contribution in [0.4, 0.5) is 13.2 Å². The van der Waals surface area contributed by atoms with Crippen molar-refractivity contribution in [1.82, 2.24) is 10.2 Å². The highest BCUT2D eigenvalue weighted by molar-refractivity contribution is 7.91. The molecule has 2 aliphatic rings. The molecule has 11 heteroatoms. The van der Waals surface area contributed by atoms with Crippen LogP contribution in [0.5, 0.6) is 0 Å². The monoisotopic (exact) mass is 551 g/mol. The van der Waals surface area contributed by atoms with Gasteiger partial charge in [0.25, 0.3) is 0 Å². The third-order valence-corrected chi connectivity index (χ3v) is 8.34. The van der Waals surface area contributed by atoms with E-state index in [1.54, 1.807) is 6.07 Å². The lowest BCUT2D eigenvalue weighted by Gasteiger charge is -2.39. The molecule has 2 aromatic rings. The fourth-order valence-corrected chi connectivity index (χ4v) is 6.41. The summed E-state index contributed by atoms with van der Waals surface area (Å²) in [5.41, 5.74) is 6.62. The zero-order valence-electron chi connectivity index (χ0n) is 21.1. The Labute approximate surface area is 220 Å². The zero-order valence-corrected chi connectivity index (χ0v) is 21.9. The summed E-state index contributed by atoms with van der Waals surface area (Å²) in [5, 5.41) is 3.64. The highest BCUT2D eigenvalue weighted by Gasteiger charge is 2.42. The number of primary amides is 1. The lowest BCUT2D eigenvalue weighted by Crippen LogP contribution is -2.46. The normalized spacial score (nSPS) is 23.3. The number of piperidine rings is 1. The second-order valence-electron chi connectivity index (χ2n) is 10.4. The quantitative estimate of drug-likeness (QED) is 0.496. The van der Waals surface area contributed by atoms with E-state index in [1.165, 1.54) is 17.0 Å². The molecule has 4 rings (SSSR count). The third-order valence-electron chi connectivity index (χ3n) is 7.57. The van der Waals surface area contributed by atoms with E-state index in [2.05, 4.69) is 5.32 Å². The molecule has 7 nitrogen and oxygen atoms in total. The molecular formula is C27H32F3N3O4S. The number of carbonyl (C=O) groups excluding carboxylic acids is 2. The standard InChI is InChI=1S/C27H32F3N3O4S/c1-38(36,37)16-25(34)33(15-17-5-7-20(8-6-17)27(28,29)30)12-11-22-23(14-21-9-10-24(22)32-21)18-3-2-4-19(13-18)26(31)35/h2-8,13,21-24,32H,9-12,14-16H2,1H3,(H2,31,35). The first-order chi connectivity index (χ1) is 17.8. The van der Waals surface area contributed by atoms with E-state index >= 15 is 0 Å². The number of hydrogen-bond acceptors (Lipinski definition) is 5. The minimum atomic E-state index is -4.47. The molecule has 2 heterocycles. The smallest absolute Gasteiger partial charge is 0.366 e. The Kier molecular flexibility index (Phi) is 8.17. The maximum Gasteiger partial charge on any atom is 0.416 e. The topological polar surface area (TPSA) is 110 Å². The molecule has 4 atom stereocenters. The van der Waals surface area contributed by atoms with Crippen molar-refractivity contribution in [2.45, 2.75) is 56.4 Å². The summed E-state index contributed by atoms with van der Waals surface area (Å²) >= 11 is 0. The molecule has 2 bridgehead atoms. The van der Waals surface area contributed by atoms with Crippen LogP contribution < -0.4 is 11.1 Å². The van der Waals surface area contributed by atoms with E-state index in [0.29, 0.717) is 23.6 Å². The van der Waals surface area contributed by atoms with Gasteiger partial charge in [-0.25, -0.2) is 8.42 Å². The number of nitrogens with two attached hydrogens (primary N) is 1. The number of alkyl halides is 3. The first-order valence-electron chi connectivity index (χ1n) is 12.6. The van der Waals surface area contributed by atoms with Crippen LogP contribution in [0.3, 0.4) is 0 Å². The van der Waals surface area contributed by atoms with Crippen molar-refractivity contribution < 1.29 is 31.2 Å². The number of nitrogens with one attached hydrogen (secondary N) is 1. The summed E-state index contributed by atoms with van der Waals surface area (Å²) in [6.07, 6.45) is -0.0798. The summed E-state index contributed by atoms with van der Waals surface area (Å²) < 4.78 is 62.7. The SMILES string of the molecule is CS(=O)(=O)CC(=O)N(CCC1C2CCC(CC1c1cccc(C(N)=O)c1)N2)Cc1ccc(C(F)(F)F)cc1. The molecular weight excluding hydrogens is 519 g/mol. The summed E-state index contributed by atoms with van der Waals surface area (Å²) in [7, 11) is -3.60. The molecule has 3 N–H and O–H groups in total. The number of fused-ring (bicyclic) bond motifs is 2. The van der Waals surface area contributed by atoms with Crippen molar-refractivity contribution in [1.29, 1.82) is 0 Å². The van der Waals surface area contributed by atoms with Crippen LogP contribution in [-0.2, 0) is 27.4 Å². The van der Waals surface area contributed by atoms with E-state index in [-0.39, 0.29) is 31.0 Å². The van der Waals surface area contributed by atoms with Crippen LogP contribution in [0.1, 0.15) is 58.6 Å². The molecule has 2 fully saturated rings. The molecule has 2 aromatic carbocycles. The van der Waals surface area contributed by atoms with E-state index < -0.39 is 39.1 Å². The Hall–Kier alpha value is -2.92. The van der Waals surface area contributed by atoms with Crippen LogP contribution in [0.15, 0.2) is 48.5 Å². The fraction of sp³-hybridized carbons (Fsp3) is 0.481. The minimum absolute atomic E-state index is 0.00174. The van der Waals surface area contributed by atoms with Gasteiger partial charge in [0.1, 0.15) is 5.75 Å². The average Bonchev–Trinajstić information content (AvgIpc) is 3.23. The zero-order chi connectivity index (χ0) is 27.7. The van der Waals surface area contributed by atoms with Crippen LogP contribution in [0, 0.1) is 5.92 Å². The predicted octanol–water partition coefficient (Wildman–Crippen LogP) is 3.49. The van der Waals surface area contributed by atoms with Crippen molar-refractivity contribution in [2.75, 3.05) is 18.6 Å². The van der Waals surface area contributed by atoms with Crippen molar-refractivity contribution in [2.24, 2.45) is 11.7 Å². The second-order valence-corrected chi connectivity index (χ2v) is 12.6. The van der Waals surface area contributed by atoms with Gasteiger partial charge in [0.2, 0.25) is 11.8 Å². The molecule has 0 saturated carbocycles. The van der Waals surface area contributed by atoms with Crippen molar-refractivity contribution in [3.63, 3.8) is 0 Å². The van der Waals surface area contributed by atoms with Gasteiger partial charge in [-0.05, 0) is 72.9 Å². The van der Waals surface area contributed by atoms with Crippen LogP contribution in [0.25, 0.3) is 0 Å². The van der Waals surface area contributed by atoms with Crippen LogP contribution >= 0.6 is 0 Å². The fourth-order valence-electron chi connectivity index (χ4n) is 5.78. The number of halogens is 3. The van der Waals surface area contributed by atoms with Crippen molar-refractivity contribution >= 4 is 21.7 Å². The summed E-state index contributed by atoms with van der Waals surface area (Å²) in [4.78, 5) is 26.2. The molecule has 4 unspecified atom stereocenters. The first-order valence-corrected chi connectivity index (χ1v) is 14.6. The Morgan fingerprint density at radius 2 is 1.82 bits per heavy atom. The van der Waals surface area contributed by atoms with Crippen molar-refractivity contribution in [3.8, 4) is 0 Å². The van der Waals surface area contributed by atoms with Gasteiger partial charge in [0.05, 0.1) is 5.56 Å². The Morgan fingerprint density at radius 3 is 2.45 bits per heavy atom. The summed E-state index contributed by atoms with van der Waals surface area (Å²) in [6, 6.07) is 12.4. The number of nitrogens with zero attached hydrogens (tertiary/aromatic N) is 1. The van der Waals surface area contributed by atoms with Gasteiger partial charge in [0.15, 0.2) is 9.84 Å². The first kappa shape index (κ1) is 28.1. The van der Waals surface area contributed by atoms with Gasteiger partial charge in [-0.3, -0.25) is 9.59 Å². The molecule has 2 aliphatic heterocycles. The van der Waals surface area contributed by atoms with Crippen LogP contribution in [0.2, 0.25) is 0 Å². The third kappa shape index (κ3) is 6.93. The summed E-state index contributed by atoms with van der Waals surface area (Å²) in [6.45, 7) is 0.247. The van der Waals surface area contributed by atoms with Gasteiger partial charge in [-0.2, -0.15) is 13.2 Å². The number of rotatable bonds is 9.